The molecule has 0 heterocycles. The van der Waals surface area contributed by atoms with Gasteiger partial charge in [0.1, 0.15) is 0 Å². The molecule has 24 heavy (non-hydrogen) atoms. The number of nitrogens with zero attached hydrogens (tertiary/aromatic N) is 1. The Kier molecular flexibility index (Phi) is 12.2. The topological polar surface area (TPSA) is 20.3 Å². The number of rotatable bonds is 13. The molecule has 0 aliphatic heterocycles. The van der Waals surface area contributed by atoms with Crippen LogP contribution in [0, 0.1) is 6.92 Å². The first-order chi connectivity index (χ1) is 11.6. The highest BCUT2D eigenvalue weighted by Gasteiger charge is 2.10. The summed E-state index contributed by atoms with van der Waals surface area (Å²) in [6.07, 6.45) is 13.8. The lowest BCUT2D eigenvalue weighted by Crippen LogP contribution is -2.19. The predicted octanol–water partition coefficient (Wildman–Crippen LogP) is 6.98. The molecule has 1 aromatic carbocycles. The normalized spacial score (nSPS) is 10.8. The van der Waals surface area contributed by atoms with Gasteiger partial charge in [0.05, 0.1) is 29.4 Å². The van der Waals surface area contributed by atoms with E-state index in [1.807, 2.05) is 3.11 Å². The highest BCUT2D eigenvalue weighted by Crippen LogP contribution is 2.15. The van der Waals surface area contributed by atoms with Crippen molar-refractivity contribution in [3.8, 4) is 0 Å². The Morgan fingerprint density at radius 3 is 1.92 bits per heavy atom. The summed E-state index contributed by atoms with van der Waals surface area (Å²) in [4.78, 5) is 12.2. The molecular formula is C21H34INO. The van der Waals surface area contributed by atoms with E-state index in [-0.39, 0.29) is 5.91 Å². The second-order valence-corrected chi connectivity index (χ2v) is 8.00. The maximum atomic E-state index is 12.2. The van der Waals surface area contributed by atoms with Crippen LogP contribution in [0.4, 0.5) is 0 Å². The molecule has 1 amide bonds. The average Bonchev–Trinajstić information content (AvgIpc) is 2.58. The molecule has 0 fully saturated rings. The lowest BCUT2D eigenvalue weighted by Gasteiger charge is -2.15. The lowest BCUT2D eigenvalue weighted by molar-refractivity contribution is -0.125. The van der Waals surface area contributed by atoms with Crippen LogP contribution in [-0.4, -0.2) is 9.02 Å². The summed E-state index contributed by atoms with van der Waals surface area (Å²) in [5, 5.41) is 0. The van der Waals surface area contributed by atoms with Crippen molar-refractivity contribution in [1.82, 2.24) is 3.11 Å². The molecule has 136 valence electrons. The molecule has 0 atom stereocenters. The maximum Gasteiger partial charge on any atom is 0.231 e. The minimum absolute atomic E-state index is 0.260. The number of hydrogen-bond acceptors (Lipinski definition) is 1. The largest absolute Gasteiger partial charge is 0.281 e. The van der Waals surface area contributed by atoms with Gasteiger partial charge < -0.3 is 0 Å². The number of carbonyl (C=O) groups excluding carboxylic acids is 1. The Hall–Kier alpha value is -0.580. The number of halogens is 1. The molecule has 0 saturated heterocycles. The van der Waals surface area contributed by atoms with Gasteiger partial charge in [0.2, 0.25) is 5.91 Å². The smallest absolute Gasteiger partial charge is 0.231 e. The predicted molar refractivity (Wildman–Crippen MR) is 112 cm³/mol. The van der Waals surface area contributed by atoms with Crippen molar-refractivity contribution in [3.63, 3.8) is 0 Å². The first kappa shape index (κ1) is 21.5. The summed E-state index contributed by atoms with van der Waals surface area (Å²) < 4.78 is 1.83. The van der Waals surface area contributed by atoms with E-state index in [1.165, 1.54) is 68.9 Å². The quantitative estimate of drug-likeness (QED) is 0.183. The molecule has 0 bridgehead atoms. The van der Waals surface area contributed by atoms with Crippen LogP contribution in [0.2, 0.25) is 0 Å². The van der Waals surface area contributed by atoms with Crippen LogP contribution in [-0.2, 0) is 11.3 Å². The summed E-state index contributed by atoms with van der Waals surface area (Å²) in [6, 6.07) is 8.42. The SMILES string of the molecule is CCCCCCCCCCCCC(=O)N(I)Cc1ccc(C)cc1. The van der Waals surface area contributed by atoms with E-state index in [0.717, 1.165) is 6.42 Å². The van der Waals surface area contributed by atoms with E-state index in [2.05, 4.69) is 61.0 Å². The maximum absolute atomic E-state index is 12.2. The number of carbonyl (C=O) groups is 1. The van der Waals surface area contributed by atoms with Crippen molar-refractivity contribution in [3.05, 3.63) is 35.4 Å². The van der Waals surface area contributed by atoms with E-state index in [1.54, 1.807) is 0 Å². The Balaban J connectivity index is 2.02. The van der Waals surface area contributed by atoms with Crippen molar-refractivity contribution in [2.24, 2.45) is 0 Å². The first-order valence-corrected chi connectivity index (χ1v) is 10.6. The van der Waals surface area contributed by atoms with Crippen molar-refractivity contribution < 1.29 is 4.79 Å². The molecule has 1 rings (SSSR count). The fourth-order valence-corrected chi connectivity index (χ4v) is 3.46. The monoisotopic (exact) mass is 443 g/mol. The summed E-state index contributed by atoms with van der Waals surface area (Å²) in [5.41, 5.74) is 2.46. The molecule has 2 nitrogen and oxygen atoms in total. The molecule has 0 radical (unpaired) electrons. The fraction of sp³-hybridized carbons (Fsp3) is 0.667. The van der Waals surface area contributed by atoms with E-state index in [0.29, 0.717) is 13.0 Å². The number of unbranched alkanes of at least 4 members (excludes halogenated alkanes) is 9. The van der Waals surface area contributed by atoms with Crippen LogP contribution in [0.5, 0.6) is 0 Å². The van der Waals surface area contributed by atoms with Crippen LogP contribution in [0.15, 0.2) is 24.3 Å². The number of hydrogen-bond donors (Lipinski definition) is 0. The van der Waals surface area contributed by atoms with E-state index < -0.39 is 0 Å². The molecular weight excluding hydrogens is 409 g/mol. The van der Waals surface area contributed by atoms with Gasteiger partial charge >= 0.3 is 0 Å². The zero-order valence-corrected chi connectivity index (χ0v) is 17.7. The summed E-state index contributed by atoms with van der Waals surface area (Å²) in [6.45, 7) is 5.05. The molecule has 1 aromatic rings. The minimum Gasteiger partial charge on any atom is -0.281 e. The summed E-state index contributed by atoms with van der Waals surface area (Å²) in [7, 11) is 0. The molecule has 0 aromatic heterocycles. The minimum atomic E-state index is 0.260. The molecule has 3 heteroatoms. The van der Waals surface area contributed by atoms with Crippen molar-refractivity contribution in [2.45, 2.75) is 91.0 Å². The van der Waals surface area contributed by atoms with Gasteiger partial charge in [0, 0.05) is 6.42 Å². The van der Waals surface area contributed by atoms with E-state index in [9.17, 15) is 4.79 Å². The Morgan fingerprint density at radius 2 is 1.38 bits per heavy atom. The second-order valence-electron chi connectivity index (χ2n) is 6.83. The van der Waals surface area contributed by atoms with Crippen LogP contribution in [0.1, 0.15) is 88.7 Å². The fourth-order valence-electron chi connectivity index (χ4n) is 2.83. The third-order valence-electron chi connectivity index (χ3n) is 4.46. The van der Waals surface area contributed by atoms with Crippen LogP contribution >= 0.6 is 22.9 Å². The molecule has 0 spiro atoms. The Bertz CT molecular complexity index is 444. The highest BCUT2D eigenvalue weighted by atomic mass is 127. The average molecular weight is 443 g/mol. The Labute approximate surface area is 162 Å². The molecule has 0 unspecified atom stereocenters. The molecule has 0 aliphatic rings. The second kappa shape index (κ2) is 13.7. The number of aryl methyl sites for hydroxylation is 1. The zero-order valence-electron chi connectivity index (χ0n) is 15.5. The van der Waals surface area contributed by atoms with Crippen LogP contribution in [0.3, 0.4) is 0 Å². The van der Waals surface area contributed by atoms with Gasteiger partial charge in [-0.05, 0) is 18.9 Å². The summed E-state index contributed by atoms with van der Waals surface area (Å²) >= 11 is 2.15. The number of amides is 1. The number of benzene rings is 1. The van der Waals surface area contributed by atoms with Gasteiger partial charge in [-0.25, -0.2) is 0 Å². The van der Waals surface area contributed by atoms with Gasteiger partial charge in [0.15, 0.2) is 0 Å². The van der Waals surface area contributed by atoms with Crippen molar-refractivity contribution in [2.75, 3.05) is 0 Å². The molecule has 0 aliphatic carbocycles. The van der Waals surface area contributed by atoms with Crippen LogP contribution in [0.25, 0.3) is 0 Å². The lowest BCUT2D eigenvalue weighted by atomic mass is 10.1. The third-order valence-corrected chi connectivity index (χ3v) is 5.34. The van der Waals surface area contributed by atoms with Gasteiger partial charge in [-0.15, -0.1) is 0 Å². The van der Waals surface area contributed by atoms with Gasteiger partial charge in [-0.2, -0.15) is 0 Å². The van der Waals surface area contributed by atoms with Gasteiger partial charge in [-0.1, -0.05) is 94.5 Å². The standard InChI is InChI=1S/C21H34INO/c1-3-4-5-6-7-8-9-10-11-12-13-21(24)23(22)18-20-16-14-19(2)15-17-20/h14-17H,3-13,18H2,1-2H3. The van der Waals surface area contributed by atoms with Gasteiger partial charge in [-0.3, -0.25) is 7.91 Å². The van der Waals surface area contributed by atoms with Crippen molar-refractivity contribution >= 4 is 28.8 Å². The Morgan fingerprint density at radius 1 is 0.875 bits per heavy atom. The van der Waals surface area contributed by atoms with Gasteiger partial charge in [0.25, 0.3) is 0 Å². The van der Waals surface area contributed by atoms with E-state index >= 15 is 0 Å². The zero-order chi connectivity index (χ0) is 17.6. The highest BCUT2D eigenvalue weighted by molar-refractivity contribution is 14.1. The third kappa shape index (κ3) is 10.3. The van der Waals surface area contributed by atoms with Crippen LogP contribution < -0.4 is 0 Å². The van der Waals surface area contributed by atoms with Crippen molar-refractivity contribution in [1.29, 1.82) is 0 Å². The van der Waals surface area contributed by atoms with E-state index in [4.69, 9.17) is 0 Å². The molecule has 0 saturated carbocycles. The summed E-state index contributed by atoms with van der Waals surface area (Å²) in [5.74, 6) is 0.260. The molecule has 0 N–H and O–H groups in total. The first-order valence-electron chi connectivity index (χ1n) is 9.65.